The molecule has 0 N–H and O–H groups in total. The Kier molecular flexibility index (Phi) is 5.26. The summed E-state index contributed by atoms with van der Waals surface area (Å²) in [6, 6.07) is 4.26. The number of carbonyl (C=O) groups is 1. The molecule has 0 aliphatic heterocycles. The number of methoxy groups -OCH3 is 1. The molecule has 1 atom stereocenters. The van der Waals surface area contributed by atoms with E-state index in [1.165, 1.54) is 18.2 Å². The van der Waals surface area contributed by atoms with Crippen molar-refractivity contribution in [3.05, 3.63) is 46.5 Å². The number of ether oxygens (including phenoxy) is 1. The van der Waals surface area contributed by atoms with Crippen LogP contribution in [-0.2, 0) is 15.7 Å². The minimum atomic E-state index is -4.40. The fourth-order valence-corrected chi connectivity index (χ4v) is 1.79. The summed E-state index contributed by atoms with van der Waals surface area (Å²) in [6.07, 6.45) is -3.21. The maximum atomic E-state index is 12.4. The van der Waals surface area contributed by atoms with Gasteiger partial charge in [0.2, 0.25) is 0 Å². The van der Waals surface area contributed by atoms with Gasteiger partial charge in [-0.3, -0.25) is 0 Å². The number of carbonyl (C=O) groups excluding carboxylic acids is 1. The lowest BCUT2D eigenvalue weighted by atomic mass is 10.1. The number of benzene rings is 1. The fraction of sp³-hybridized carbons (Fsp3) is 0.250. The Balaban J connectivity index is 2.90. The van der Waals surface area contributed by atoms with Crippen molar-refractivity contribution in [3.8, 4) is 0 Å². The second-order valence-electron chi connectivity index (χ2n) is 3.53. The predicted octanol–water partition coefficient (Wildman–Crippen LogP) is 4.28. The molecular formula is C12H9Cl2F3O2. The van der Waals surface area contributed by atoms with E-state index in [1.54, 1.807) is 0 Å². The predicted molar refractivity (Wildman–Crippen MR) is 66.0 cm³/mol. The van der Waals surface area contributed by atoms with Crippen LogP contribution in [-0.4, -0.2) is 13.1 Å². The minimum Gasteiger partial charge on any atom is -0.465 e. The van der Waals surface area contributed by atoms with Crippen molar-refractivity contribution in [2.24, 2.45) is 0 Å². The average molecular weight is 313 g/mol. The van der Waals surface area contributed by atoms with Crippen molar-refractivity contribution < 1.29 is 22.7 Å². The highest BCUT2D eigenvalue weighted by molar-refractivity contribution is 6.41. The van der Waals surface area contributed by atoms with E-state index in [0.717, 1.165) is 19.2 Å². The number of alkyl halides is 4. The topological polar surface area (TPSA) is 26.3 Å². The Morgan fingerprint density at radius 1 is 1.32 bits per heavy atom. The van der Waals surface area contributed by atoms with Crippen LogP contribution in [0.15, 0.2) is 35.4 Å². The Morgan fingerprint density at radius 2 is 1.84 bits per heavy atom. The first kappa shape index (κ1) is 15.9. The number of esters is 1. The normalized spacial score (nSPS) is 14.1. The van der Waals surface area contributed by atoms with Crippen LogP contribution in [0.4, 0.5) is 13.2 Å². The zero-order valence-electron chi connectivity index (χ0n) is 9.67. The Labute approximate surface area is 117 Å². The molecule has 0 aliphatic rings. The summed E-state index contributed by atoms with van der Waals surface area (Å²) in [5.41, 5.74) is -0.389. The first-order valence-electron chi connectivity index (χ1n) is 5.02. The van der Waals surface area contributed by atoms with Gasteiger partial charge in [0.05, 0.1) is 18.1 Å². The van der Waals surface area contributed by atoms with Gasteiger partial charge in [0.1, 0.15) is 5.03 Å². The number of rotatable bonds is 3. The molecule has 0 heterocycles. The molecule has 0 amide bonds. The lowest BCUT2D eigenvalue weighted by Crippen LogP contribution is -2.05. The van der Waals surface area contributed by atoms with Crippen molar-refractivity contribution in [1.82, 2.24) is 0 Å². The highest BCUT2D eigenvalue weighted by Gasteiger charge is 2.30. The maximum absolute atomic E-state index is 12.4. The molecule has 0 radical (unpaired) electrons. The second-order valence-corrected chi connectivity index (χ2v) is 4.41. The molecule has 0 aliphatic carbocycles. The van der Waals surface area contributed by atoms with E-state index < -0.39 is 23.1 Å². The van der Waals surface area contributed by atoms with Gasteiger partial charge >= 0.3 is 12.1 Å². The van der Waals surface area contributed by atoms with E-state index in [0.29, 0.717) is 5.56 Å². The molecule has 1 aromatic carbocycles. The molecule has 2 nitrogen and oxygen atoms in total. The van der Waals surface area contributed by atoms with Crippen molar-refractivity contribution in [2.75, 3.05) is 7.11 Å². The van der Waals surface area contributed by atoms with Gasteiger partial charge in [-0.2, -0.15) is 13.2 Å². The molecular weight excluding hydrogens is 304 g/mol. The summed E-state index contributed by atoms with van der Waals surface area (Å²) in [5.74, 6) is -0.765. The van der Waals surface area contributed by atoms with E-state index in [9.17, 15) is 18.0 Å². The molecule has 0 bridgehead atoms. The van der Waals surface area contributed by atoms with E-state index in [4.69, 9.17) is 23.2 Å². The third-order valence-corrected chi connectivity index (χ3v) is 2.89. The zero-order chi connectivity index (χ0) is 14.6. The van der Waals surface area contributed by atoms with Gasteiger partial charge in [-0.05, 0) is 23.8 Å². The van der Waals surface area contributed by atoms with Crippen LogP contribution in [0.25, 0.3) is 0 Å². The van der Waals surface area contributed by atoms with Crippen molar-refractivity contribution in [2.45, 2.75) is 11.6 Å². The first-order valence-corrected chi connectivity index (χ1v) is 5.84. The SMILES string of the molecule is COC(=O)/C(Cl)=C/[C@H](Cl)c1ccc(C(F)(F)F)cc1. The summed E-state index contributed by atoms with van der Waals surface area (Å²) in [4.78, 5) is 11.0. The molecule has 104 valence electrons. The molecule has 0 fully saturated rings. The molecule has 0 unspecified atom stereocenters. The summed E-state index contributed by atoms with van der Waals surface area (Å²) in [7, 11) is 1.15. The second kappa shape index (κ2) is 6.30. The summed E-state index contributed by atoms with van der Waals surface area (Å²) < 4.78 is 41.4. The maximum Gasteiger partial charge on any atom is 0.416 e. The van der Waals surface area contributed by atoms with Crippen molar-refractivity contribution >= 4 is 29.2 Å². The largest absolute Gasteiger partial charge is 0.465 e. The standard InChI is InChI=1S/C12H9Cl2F3O2/c1-19-11(18)10(14)6-9(13)7-2-4-8(5-3-7)12(15,16)17/h2-6,9H,1H3/b10-6-/t9-/m0/s1. The third kappa shape index (κ3) is 4.44. The highest BCUT2D eigenvalue weighted by Crippen LogP contribution is 2.31. The van der Waals surface area contributed by atoms with Gasteiger partial charge in [0.15, 0.2) is 0 Å². The molecule has 19 heavy (non-hydrogen) atoms. The van der Waals surface area contributed by atoms with Gasteiger partial charge in [0, 0.05) is 0 Å². The quantitative estimate of drug-likeness (QED) is 0.473. The van der Waals surface area contributed by atoms with E-state index in [1.807, 2.05) is 0 Å². The number of hydrogen-bond acceptors (Lipinski definition) is 2. The lowest BCUT2D eigenvalue weighted by molar-refractivity contribution is -0.137. The Morgan fingerprint density at radius 3 is 2.26 bits per heavy atom. The Bertz CT molecular complexity index is 481. The van der Waals surface area contributed by atoms with Gasteiger partial charge < -0.3 is 4.74 Å². The molecule has 0 spiro atoms. The van der Waals surface area contributed by atoms with Crippen LogP contribution in [0.5, 0.6) is 0 Å². The molecule has 0 aromatic heterocycles. The molecule has 0 saturated carbocycles. The molecule has 7 heteroatoms. The monoisotopic (exact) mass is 312 g/mol. The smallest absolute Gasteiger partial charge is 0.416 e. The first-order chi connectivity index (χ1) is 8.75. The van der Waals surface area contributed by atoms with E-state index in [2.05, 4.69) is 4.74 Å². The van der Waals surface area contributed by atoms with Crippen LogP contribution < -0.4 is 0 Å². The highest BCUT2D eigenvalue weighted by atomic mass is 35.5. The number of hydrogen-bond donors (Lipinski definition) is 0. The summed E-state index contributed by atoms with van der Waals surface area (Å²) >= 11 is 11.5. The van der Waals surface area contributed by atoms with Crippen LogP contribution in [0.3, 0.4) is 0 Å². The van der Waals surface area contributed by atoms with Crippen LogP contribution in [0, 0.1) is 0 Å². The third-order valence-electron chi connectivity index (χ3n) is 2.23. The van der Waals surface area contributed by atoms with Crippen molar-refractivity contribution in [3.63, 3.8) is 0 Å². The zero-order valence-corrected chi connectivity index (χ0v) is 11.2. The van der Waals surface area contributed by atoms with E-state index in [-0.39, 0.29) is 5.03 Å². The average Bonchev–Trinajstić information content (AvgIpc) is 2.36. The van der Waals surface area contributed by atoms with Gasteiger partial charge in [-0.25, -0.2) is 4.79 Å². The molecule has 1 aromatic rings. The van der Waals surface area contributed by atoms with Gasteiger partial charge in [-0.1, -0.05) is 23.7 Å². The van der Waals surface area contributed by atoms with Crippen molar-refractivity contribution in [1.29, 1.82) is 0 Å². The molecule has 1 rings (SSSR count). The van der Waals surface area contributed by atoms with Crippen LogP contribution in [0.2, 0.25) is 0 Å². The Hall–Kier alpha value is -1.20. The fourth-order valence-electron chi connectivity index (χ4n) is 1.25. The number of halogens is 5. The van der Waals surface area contributed by atoms with Crippen LogP contribution in [0.1, 0.15) is 16.5 Å². The lowest BCUT2D eigenvalue weighted by Gasteiger charge is -2.09. The number of allylic oxidation sites excluding steroid dienone is 1. The molecule has 0 saturated heterocycles. The van der Waals surface area contributed by atoms with Gasteiger partial charge in [0.25, 0.3) is 0 Å². The van der Waals surface area contributed by atoms with Gasteiger partial charge in [-0.15, -0.1) is 11.6 Å². The van der Waals surface area contributed by atoms with Crippen LogP contribution >= 0.6 is 23.2 Å². The van der Waals surface area contributed by atoms with E-state index >= 15 is 0 Å². The summed E-state index contributed by atoms with van der Waals surface area (Å²) in [5, 5.41) is -1.06. The minimum absolute atomic E-state index is 0.234. The summed E-state index contributed by atoms with van der Waals surface area (Å²) in [6.45, 7) is 0.